The lowest BCUT2D eigenvalue weighted by molar-refractivity contribution is -0.147. The number of nitrogens with zero attached hydrogens (tertiary/aromatic N) is 2. The maximum Gasteiger partial charge on any atom is 0.326 e. The monoisotopic (exact) mass is 351 g/mol. The highest BCUT2D eigenvalue weighted by atomic mass is 16.5. The van der Waals surface area contributed by atoms with E-state index in [-0.39, 0.29) is 6.54 Å². The van der Waals surface area contributed by atoms with Crippen LogP contribution in [0.1, 0.15) is 5.56 Å². The molecule has 1 N–H and O–H groups in total. The van der Waals surface area contributed by atoms with Crippen LogP contribution in [0.15, 0.2) is 59.5 Å². The summed E-state index contributed by atoms with van der Waals surface area (Å²) in [5.74, 6) is -1.13. The first kappa shape index (κ1) is 17.3. The number of hydrogen-bond donors (Lipinski definition) is 1. The van der Waals surface area contributed by atoms with Crippen LogP contribution in [0.5, 0.6) is 0 Å². The molecule has 3 aromatic rings. The van der Waals surface area contributed by atoms with Gasteiger partial charge in [-0.3, -0.25) is 19.0 Å². The summed E-state index contributed by atoms with van der Waals surface area (Å²) >= 11 is 0. The molecule has 0 radical (unpaired) electrons. The summed E-state index contributed by atoms with van der Waals surface area (Å²) in [4.78, 5) is 39.9. The minimum atomic E-state index is -0.678. The van der Waals surface area contributed by atoms with Crippen molar-refractivity contribution < 1.29 is 14.3 Å². The van der Waals surface area contributed by atoms with Crippen LogP contribution in [0.3, 0.4) is 0 Å². The van der Waals surface area contributed by atoms with Crippen LogP contribution < -0.4 is 10.9 Å². The standard InChI is InChI=1S/C19H17N3O4/c1-13-6-8-14(9-7-13)21-17(23)12-26-19(25)11-22-16-5-3-2-4-15(16)20-10-18(22)24/h2-10H,11-12H2,1H3,(H,21,23). The zero-order valence-electron chi connectivity index (χ0n) is 14.1. The van der Waals surface area contributed by atoms with Gasteiger partial charge in [0.1, 0.15) is 6.54 Å². The number of hydrogen-bond acceptors (Lipinski definition) is 5. The second kappa shape index (κ2) is 7.60. The molecule has 0 atom stereocenters. The lowest BCUT2D eigenvalue weighted by atomic mass is 10.2. The number of para-hydroxylation sites is 2. The number of carbonyl (C=O) groups excluding carboxylic acids is 2. The van der Waals surface area contributed by atoms with Gasteiger partial charge in [0.25, 0.3) is 11.5 Å². The van der Waals surface area contributed by atoms with Crippen molar-refractivity contribution >= 4 is 28.6 Å². The van der Waals surface area contributed by atoms with Gasteiger partial charge in [0.15, 0.2) is 6.61 Å². The Bertz CT molecular complexity index is 1010. The molecule has 0 aliphatic rings. The third-order valence-corrected chi connectivity index (χ3v) is 3.74. The molecular weight excluding hydrogens is 334 g/mol. The Morgan fingerprint density at radius 3 is 2.62 bits per heavy atom. The van der Waals surface area contributed by atoms with Gasteiger partial charge in [0, 0.05) is 5.69 Å². The predicted molar refractivity (Wildman–Crippen MR) is 96.8 cm³/mol. The number of rotatable bonds is 5. The van der Waals surface area contributed by atoms with Crippen LogP contribution in [0.25, 0.3) is 11.0 Å². The van der Waals surface area contributed by atoms with E-state index in [9.17, 15) is 14.4 Å². The number of benzene rings is 2. The van der Waals surface area contributed by atoms with Gasteiger partial charge in [-0.2, -0.15) is 0 Å². The van der Waals surface area contributed by atoms with E-state index in [2.05, 4.69) is 10.3 Å². The first-order chi connectivity index (χ1) is 12.5. The smallest absolute Gasteiger partial charge is 0.326 e. The first-order valence-corrected chi connectivity index (χ1v) is 7.99. The Morgan fingerprint density at radius 2 is 1.85 bits per heavy atom. The molecule has 1 aromatic heterocycles. The number of fused-ring (bicyclic) bond motifs is 1. The van der Waals surface area contributed by atoms with E-state index in [1.54, 1.807) is 36.4 Å². The van der Waals surface area contributed by atoms with E-state index >= 15 is 0 Å². The summed E-state index contributed by atoms with van der Waals surface area (Å²) in [6.07, 6.45) is 1.15. The molecule has 7 nitrogen and oxygen atoms in total. The largest absolute Gasteiger partial charge is 0.454 e. The molecular formula is C19H17N3O4. The molecule has 0 unspecified atom stereocenters. The van der Waals surface area contributed by atoms with Gasteiger partial charge >= 0.3 is 5.97 Å². The summed E-state index contributed by atoms with van der Waals surface area (Å²) in [5.41, 5.74) is 2.40. The van der Waals surface area contributed by atoms with Gasteiger partial charge in [-0.1, -0.05) is 29.8 Å². The molecule has 7 heteroatoms. The molecule has 0 aliphatic carbocycles. The van der Waals surface area contributed by atoms with Crippen molar-refractivity contribution in [2.24, 2.45) is 0 Å². The minimum Gasteiger partial charge on any atom is -0.454 e. The number of aromatic nitrogens is 2. The maximum atomic E-state index is 12.0. The topological polar surface area (TPSA) is 90.3 Å². The molecule has 3 rings (SSSR count). The molecule has 132 valence electrons. The predicted octanol–water partition coefficient (Wildman–Crippen LogP) is 1.89. The fraction of sp³-hybridized carbons (Fsp3) is 0.158. The SMILES string of the molecule is Cc1ccc(NC(=O)COC(=O)Cn2c(=O)cnc3ccccc32)cc1. The molecule has 26 heavy (non-hydrogen) atoms. The highest BCUT2D eigenvalue weighted by Gasteiger charge is 2.12. The van der Waals surface area contributed by atoms with Gasteiger partial charge in [-0.05, 0) is 31.2 Å². The molecule has 0 spiro atoms. The van der Waals surface area contributed by atoms with Crippen LogP contribution in [0.2, 0.25) is 0 Å². The zero-order chi connectivity index (χ0) is 18.5. The van der Waals surface area contributed by atoms with Crippen LogP contribution >= 0.6 is 0 Å². The second-order valence-corrected chi connectivity index (χ2v) is 5.75. The van der Waals surface area contributed by atoms with Crippen molar-refractivity contribution in [2.75, 3.05) is 11.9 Å². The Balaban J connectivity index is 1.61. The molecule has 0 bridgehead atoms. The van der Waals surface area contributed by atoms with E-state index in [0.717, 1.165) is 11.8 Å². The molecule has 0 saturated heterocycles. The van der Waals surface area contributed by atoms with Gasteiger partial charge in [-0.15, -0.1) is 0 Å². The van der Waals surface area contributed by atoms with Crippen molar-refractivity contribution in [3.63, 3.8) is 0 Å². The average Bonchev–Trinajstić information content (AvgIpc) is 2.64. The number of nitrogens with one attached hydrogen (secondary N) is 1. The normalized spacial score (nSPS) is 10.5. The summed E-state index contributed by atoms with van der Waals surface area (Å²) < 4.78 is 6.24. The number of ether oxygens (including phenoxy) is 1. The van der Waals surface area contributed by atoms with Gasteiger partial charge in [0.2, 0.25) is 0 Å². The molecule has 1 heterocycles. The number of aryl methyl sites for hydroxylation is 1. The third kappa shape index (κ3) is 4.13. The molecule has 0 fully saturated rings. The van der Waals surface area contributed by atoms with Crippen molar-refractivity contribution in [2.45, 2.75) is 13.5 Å². The number of esters is 1. The highest BCUT2D eigenvalue weighted by molar-refractivity contribution is 5.92. The van der Waals surface area contributed by atoms with E-state index in [4.69, 9.17) is 4.74 Å². The molecule has 0 aliphatic heterocycles. The summed E-state index contributed by atoms with van der Waals surface area (Å²) in [6, 6.07) is 14.2. The number of anilines is 1. The molecule has 1 amide bonds. The fourth-order valence-electron chi connectivity index (χ4n) is 2.43. The summed E-state index contributed by atoms with van der Waals surface area (Å²) in [6.45, 7) is 1.22. The van der Waals surface area contributed by atoms with Gasteiger partial charge < -0.3 is 10.1 Å². The van der Waals surface area contributed by atoms with Crippen molar-refractivity contribution in [3.05, 3.63) is 70.6 Å². The Kier molecular flexibility index (Phi) is 5.07. The third-order valence-electron chi connectivity index (χ3n) is 3.74. The quantitative estimate of drug-likeness (QED) is 0.709. The second-order valence-electron chi connectivity index (χ2n) is 5.75. The van der Waals surface area contributed by atoms with E-state index in [1.165, 1.54) is 4.57 Å². The first-order valence-electron chi connectivity index (χ1n) is 7.99. The van der Waals surface area contributed by atoms with Crippen molar-refractivity contribution in [1.82, 2.24) is 9.55 Å². The minimum absolute atomic E-state index is 0.292. The lowest BCUT2D eigenvalue weighted by Gasteiger charge is -2.10. The molecule has 0 saturated carbocycles. The van der Waals surface area contributed by atoms with Crippen molar-refractivity contribution in [3.8, 4) is 0 Å². The highest BCUT2D eigenvalue weighted by Crippen LogP contribution is 2.09. The van der Waals surface area contributed by atoms with Gasteiger partial charge in [-0.25, -0.2) is 4.98 Å². The van der Waals surface area contributed by atoms with E-state index in [0.29, 0.717) is 16.7 Å². The van der Waals surface area contributed by atoms with Crippen LogP contribution in [-0.2, 0) is 20.9 Å². The summed E-state index contributed by atoms with van der Waals surface area (Å²) in [7, 11) is 0. The van der Waals surface area contributed by atoms with Crippen molar-refractivity contribution in [1.29, 1.82) is 0 Å². The Hall–Kier alpha value is -3.48. The fourth-order valence-corrected chi connectivity index (χ4v) is 2.43. The molecule has 2 aromatic carbocycles. The van der Waals surface area contributed by atoms with Crippen LogP contribution in [-0.4, -0.2) is 28.0 Å². The number of amides is 1. The zero-order valence-corrected chi connectivity index (χ0v) is 14.1. The average molecular weight is 351 g/mol. The lowest BCUT2D eigenvalue weighted by Crippen LogP contribution is -2.28. The summed E-state index contributed by atoms with van der Waals surface area (Å²) in [5, 5.41) is 2.63. The van der Waals surface area contributed by atoms with Gasteiger partial charge in [0.05, 0.1) is 17.2 Å². The Morgan fingerprint density at radius 1 is 1.12 bits per heavy atom. The number of carbonyl (C=O) groups is 2. The van der Waals surface area contributed by atoms with Crippen LogP contribution in [0.4, 0.5) is 5.69 Å². The Labute approximate surface area is 149 Å². The van der Waals surface area contributed by atoms with E-state index in [1.807, 2.05) is 19.1 Å². The van der Waals surface area contributed by atoms with E-state index < -0.39 is 24.0 Å². The van der Waals surface area contributed by atoms with Crippen LogP contribution in [0, 0.1) is 6.92 Å². The maximum absolute atomic E-state index is 12.0.